The zero-order chi connectivity index (χ0) is 17.7. The lowest BCUT2D eigenvalue weighted by atomic mass is 10.1. The van der Waals surface area contributed by atoms with Gasteiger partial charge in [-0.3, -0.25) is 9.59 Å². The average Bonchev–Trinajstić information content (AvgIpc) is 2.51. The van der Waals surface area contributed by atoms with Crippen LogP contribution in [0.1, 0.15) is 24.5 Å². The smallest absolute Gasteiger partial charge is 0.226 e. The van der Waals surface area contributed by atoms with E-state index in [1.165, 1.54) is 12.5 Å². The van der Waals surface area contributed by atoms with Crippen LogP contribution < -0.4 is 10.2 Å². The second-order valence-electron chi connectivity index (χ2n) is 5.75. The molecule has 0 radical (unpaired) electrons. The maximum Gasteiger partial charge on any atom is 0.226 e. The second kappa shape index (κ2) is 8.11. The Morgan fingerprint density at radius 3 is 2.46 bits per heavy atom. The summed E-state index contributed by atoms with van der Waals surface area (Å²) in [6.07, 6.45) is 0.235. The lowest BCUT2D eigenvalue weighted by Gasteiger charge is -2.21. The molecule has 2 amide bonds. The van der Waals surface area contributed by atoms with Crippen molar-refractivity contribution in [2.75, 3.05) is 16.8 Å². The van der Waals surface area contributed by atoms with Crippen molar-refractivity contribution in [2.45, 2.75) is 27.2 Å². The van der Waals surface area contributed by atoms with Crippen LogP contribution in [0.5, 0.6) is 0 Å². The average molecular weight is 389 g/mol. The summed E-state index contributed by atoms with van der Waals surface area (Å²) in [4.78, 5) is 25.7. The third-order valence-electron chi connectivity index (χ3n) is 3.85. The van der Waals surface area contributed by atoms with Crippen LogP contribution >= 0.6 is 15.9 Å². The fraction of sp³-hybridized carbons (Fsp3) is 0.263. The number of nitrogens with one attached hydrogen (secondary N) is 1. The standard InChI is InChI=1S/C19H21BrN2O2/c1-13-7-8-17(11-14(13)2)21-19(24)9-10-22(15(3)23)18-6-4-5-16(20)12-18/h4-8,11-12H,9-10H2,1-3H3,(H,21,24). The highest BCUT2D eigenvalue weighted by atomic mass is 79.9. The lowest BCUT2D eigenvalue weighted by Crippen LogP contribution is -2.31. The van der Waals surface area contributed by atoms with E-state index < -0.39 is 0 Å². The van der Waals surface area contributed by atoms with Gasteiger partial charge in [-0.05, 0) is 55.3 Å². The first-order valence-corrected chi connectivity index (χ1v) is 8.57. The molecule has 5 heteroatoms. The molecule has 0 saturated heterocycles. The van der Waals surface area contributed by atoms with Gasteiger partial charge in [0, 0.05) is 35.7 Å². The molecule has 0 heterocycles. The van der Waals surface area contributed by atoms with E-state index in [1.54, 1.807) is 4.90 Å². The van der Waals surface area contributed by atoms with Crippen LogP contribution in [0.15, 0.2) is 46.9 Å². The molecular formula is C19H21BrN2O2. The summed E-state index contributed by atoms with van der Waals surface area (Å²) >= 11 is 3.40. The van der Waals surface area contributed by atoms with Crippen LogP contribution in [0.4, 0.5) is 11.4 Å². The SMILES string of the molecule is CC(=O)N(CCC(=O)Nc1ccc(C)c(C)c1)c1cccc(Br)c1. The molecule has 0 aromatic heterocycles. The first-order valence-electron chi connectivity index (χ1n) is 7.77. The van der Waals surface area contributed by atoms with E-state index in [2.05, 4.69) is 21.2 Å². The van der Waals surface area contributed by atoms with Crippen LogP contribution in [-0.2, 0) is 9.59 Å². The largest absolute Gasteiger partial charge is 0.326 e. The zero-order valence-electron chi connectivity index (χ0n) is 14.1. The predicted octanol–water partition coefficient (Wildman–Crippen LogP) is 4.45. The fourth-order valence-electron chi connectivity index (χ4n) is 2.37. The number of benzene rings is 2. The molecule has 0 unspecified atom stereocenters. The second-order valence-corrected chi connectivity index (χ2v) is 6.66. The van der Waals surface area contributed by atoms with Crippen molar-refractivity contribution in [3.63, 3.8) is 0 Å². The number of aryl methyl sites for hydroxylation is 2. The van der Waals surface area contributed by atoms with E-state index in [0.29, 0.717) is 6.54 Å². The van der Waals surface area contributed by atoms with Crippen molar-refractivity contribution < 1.29 is 9.59 Å². The molecule has 0 saturated carbocycles. The predicted molar refractivity (Wildman–Crippen MR) is 101 cm³/mol. The minimum absolute atomic E-state index is 0.0907. The number of rotatable bonds is 5. The molecule has 0 bridgehead atoms. The number of anilines is 2. The number of halogens is 1. The van der Waals surface area contributed by atoms with Crippen LogP contribution in [0.3, 0.4) is 0 Å². The summed E-state index contributed by atoms with van der Waals surface area (Å²) in [7, 11) is 0. The topological polar surface area (TPSA) is 49.4 Å². The molecule has 24 heavy (non-hydrogen) atoms. The Bertz CT molecular complexity index is 759. The highest BCUT2D eigenvalue weighted by Crippen LogP contribution is 2.20. The summed E-state index contributed by atoms with van der Waals surface area (Å²) in [5, 5.41) is 2.88. The molecule has 0 fully saturated rings. The summed E-state index contributed by atoms with van der Waals surface area (Å²) in [5.74, 6) is -0.202. The molecule has 126 valence electrons. The number of nitrogens with zero attached hydrogens (tertiary/aromatic N) is 1. The third kappa shape index (κ3) is 4.93. The van der Waals surface area contributed by atoms with Gasteiger partial charge in [0.15, 0.2) is 0 Å². The summed E-state index contributed by atoms with van der Waals surface area (Å²) in [5.41, 5.74) is 3.87. The van der Waals surface area contributed by atoms with Crippen LogP contribution in [-0.4, -0.2) is 18.4 Å². The summed E-state index contributed by atoms with van der Waals surface area (Å²) < 4.78 is 0.894. The molecule has 0 aliphatic heterocycles. The Hall–Kier alpha value is -2.14. The molecule has 0 atom stereocenters. The van der Waals surface area contributed by atoms with Gasteiger partial charge in [0.25, 0.3) is 0 Å². The van der Waals surface area contributed by atoms with E-state index >= 15 is 0 Å². The number of carbonyl (C=O) groups is 2. The third-order valence-corrected chi connectivity index (χ3v) is 4.35. The van der Waals surface area contributed by atoms with E-state index in [1.807, 2.05) is 56.3 Å². The molecule has 0 aliphatic carbocycles. The number of hydrogen-bond acceptors (Lipinski definition) is 2. The van der Waals surface area contributed by atoms with Gasteiger partial charge in [-0.25, -0.2) is 0 Å². The number of carbonyl (C=O) groups excluding carboxylic acids is 2. The molecular weight excluding hydrogens is 368 g/mol. The highest BCUT2D eigenvalue weighted by Gasteiger charge is 2.14. The maximum atomic E-state index is 12.2. The molecule has 2 aromatic rings. The Labute approximate surface area is 151 Å². The van der Waals surface area contributed by atoms with E-state index in [4.69, 9.17) is 0 Å². The summed E-state index contributed by atoms with van der Waals surface area (Å²) in [6.45, 7) is 5.88. The molecule has 1 N–H and O–H groups in total. The highest BCUT2D eigenvalue weighted by molar-refractivity contribution is 9.10. The lowest BCUT2D eigenvalue weighted by molar-refractivity contribution is -0.117. The molecule has 2 rings (SSSR count). The van der Waals surface area contributed by atoms with Crippen molar-refractivity contribution in [1.29, 1.82) is 0 Å². The maximum absolute atomic E-state index is 12.2. The minimum Gasteiger partial charge on any atom is -0.326 e. The Kier molecular flexibility index (Phi) is 6.15. The van der Waals surface area contributed by atoms with Gasteiger partial charge in [0.2, 0.25) is 11.8 Å². The van der Waals surface area contributed by atoms with Gasteiger partial charge < -0.3 is 10.2 Å². The van der Waals surface area contributed by atoms with Crippen LogP contribution in [0.2, 0.25) is 0 Å². The van der Waals surface area contributed by atoms with E-state index in [9.17, 15) is 9.59 Å². The van der Waals surface area contributed by atoms with Gasteiger partial charge in [0.05, 0.1) is 0 Å². The number of amides is 2. The van der Waals surface area contributed by atoms with Gasteiger partial charge in [-0.15, -0.1) is 0 Å². The monoisotopic (exact) mass is 388 g/mol. The van der Waals surface area contributed by atoms with Gasteiger partial charge in [-0.1, -0.05) is 28.1 Å². The summed E-state index contributed by atoms with van der Waals surface area (Å²) in [6, 6.07) is 13.3. The Morgan fingerprint density at radius 2 is 1.83 bits per heavy atom. The van der Waals surface area contributed by atoms with E-state index in [-0.39, 0.29) is 18.2 Å². The van der Waals surface area contributed by atoms with Crippen LogP contribution in [0.25, 0.3) is 0 Å². The number of hydrogen-bond donors (Lipinski definition) is 1. The van der Waals surface area contributed by atoms with Crippen molar-refractivity contribution in [2.24, 2.45) is 0 Å². The van der Waals surface area contributed by atoms with E-state index in [0.717, 1.165) is 21.4 Å². The quantitative estimate of drug-likeness (QED) is 0.822. The van der Waals surface area contributed by atoms with Gasteiger partial charge in [-0.2, -0.15) is 0 Å². The zero-order valence-corrected chi connectivity index (χ0v) is 15.7. The van der Waals surface area contributed by atoms with Crippen molar-refractivity contribution in [3.8, 4) is 0 Å². The van der Waals surface area contributed by atoms with Gasteiger partial charge >= 0.3 is 0 Å². The Morgan fingerprint density at radius 1 is 1.08 bits per heavy atom. The molecule has 4 nitrogen and oxygen atoms in total. The first kappa shape index (κ1) is 18.2. The first-order chi connectivity index (χ1) is 11.4. The van der Waals surface area contributed by atoms with Crippen molar-refractivity contribution >= 4 is 39.1 Å². The minimum atomic E-state index is -0.112. The van der Waals surface area contributed by atoms with Crippen molar-refractivity contribution in [3.05, 3.63) is 58.1 Å². The van der Waals surface area contributed by atoms with Crippen LogP contribution in [0, 0.1) is 13.8 Å². The van der Waals surface area contributed by atoms with Crippen molar-refractivity contribution in [1.82, 2.24) is 0 Å². The molecule has 0 spiro atoms. The van der Waals surface area contributed by atoms with Gasteiger partial charge in [0.1, 0.15) is 0 Å². The molecule has 0 aliphatic rings. The normalized spacial score (nSPS) is 10.3. The fourth-order valence-corrected chi connectivity index (χ4v) is 2.76. The Balaban J connectivity index is 2.00. The molecule has 2 aromatic carbocycles.